The first-order valence-corrected chi connectivity index (χ1v) is 9.19. The molecule has 0 saturated heterocycles. The van der Waals surface area contributed by atoms with Gasteiger partial charge in [-0.15, -0.1) is 0 Å². The van der Waals surface area contributed by atoms with Gasteiger partial charge in [-0.3, -0.25) is 0 Å². The fraction of sp³-hybridized carbons (Fsp3) is 0.0526. The molecule has 0 saturated carbocycles. The normalized spacial score (nSPS) is 15.2. The molecule has 0 aromatic heterocycles. The van der Waals surface area contributed by atoms with E-state index in [0.29, 0.717) is 11.4 Å². The fourth-order valence-corrected chi connectivity index (χ4v) is 4.69. The second kappa shape index (κ2) is 5.89. The molecule has 0 unspecified atom stereocenters. The van der Waals surface area contributed by atoms with Crippen LogP contribution in [0.1, 0.15) is 5.56 Å². The summed E-state index contributed by atoms with van der Waals surface area (Å²) < 4.78 is 43.1. The van der Waals surface area contributed by atoms with E-state index in [1.807, 2.05) is 30.3 Å². The van der Waals surface area contributed by atoms with Gasteiger partial charge in [0.2, 0.25) is 0 Å². The molecule has 1 heterocycles. The van der Waals surface area contributed by atoms with Crippen LogP contribution in [-0.2, 0) is 16.8 Å². The van der Waals surface area contributed by atoms with E-state index in [1.54, 1.807) is 30.3 Å². The van der Waals surface area contributed by atoms with Crippen molar-refractivity contribution in [2.75, 3.05) is 8.61 Å². The molecule has 25 heavy (non-hydrogen) atoms. The van der Waals surface area contributed by atoms with Crippen LogP contribution in [0, 0.1) is 5.82 Å². The van der Waals surface area contributed by atoms with E-state index < -0.39 is 16.0 Å². The van der Waals surface area contributed by atoms with Crippen molar-refractivity contribution in [3.05, 3.63) is 90.2 Å². The highest BCUT2D eigenvalue weighted by atomic mass is 32.2. The molecule has 4 rings (SSSR count). The Balaban J connectivity index is 1.87. The highest BCUT2D eigenvalue weighted by Gasteiger charge is 2.42. The third-order valence-electron chi connectivity index (χ3n) is 4.12. The van der Waals surface area contributed by atoms with Crippen LogP contribution >= 0.6 is 0 Å². The molecule has 0 aliphatic carbocycles. The Bertz CT molecular complexity index is 1020. The Kier molecular flexibility index (Phi) is 3.69. The third-order valence-corrected chi connectivity index (χ3v) is 5.86. The quantitative estimate of drug-likeness (QED) is 0.706. The van der Waals surface area contributed by atoms with Gasteiger partial charge in [-0.2, -0.15) is 8.42 Å². The van der Waals surface area contributed by atoms with Crippen molar-refractivity contribution in [1.29, 1.82) is 0 Å². The standard InChI is InChI=1S/C19H15FN2O2S/c20-16-10-4-5-11-17(16)22-19-13-7-6-12-18(19)21(25(22,23)24)14-15-8-2-1-3-9-15/h1-13H,14H2. The minimum absolute atomic E-state index is 0.0190. The molecular weight excluding hydrogens is 339 g/mol. The first-order valence-electron chi connectivity index (χ1n) is 7.79. The van der Waals surface area contributed by atoms with Crippen LogP contribution in [0.4, 0.5) is 21.5 Å². The summed E-state index contributed by atoms with van der Waals surface area (Å²) in [4.78, 5) is 0. The van der Waals surface area contributed by atoms with Gasteiger partial charge in [0.25, 0.3) is 0 Å². The smallest absolute Gasteiger partial charge is 0.246 e. The molecule has 0 radical (unpaired) electrons. The molecule has 0 amide bonds. The zero-order valence-corrected chi connectivity index (χ0v) is 14.0. The van der Waals surface area contributed by atoms with E-state index >= 15 is 0 Å². The summed E-state index contributed by atoms with van der Waals surface area (Å²) in [6, 6.07) is 22.1. The van der Waals surface area contributed by atoms with Gasteiger partial charge < -0.3 is 0 Å². The van der Waals surface area contributed by atoms with Crippen LogP contribution in [-0.4, -0.2) is 8.42 Å². The number of hydrogen-bond donors (Lipinski definition) is 0. The van der Waals surface area contributed by atoms with E-state index in [2.05, 4.69) is 0 Å². The molecule has 4 nitrogen and oxygen atoms in total. The van der Waals surface area contributed by atoms with Crippen LogP contribution < -0.4 is 8.61 Å². The summed E-state index contributed by atoms with van der Waals surface area (Å²) in [5.41, 5.74) is 1.86. The molecule has 0 N–H and O–H groups in total. The minimum atomic E-state index is -3.93. The Morgan fingerprint density at radius 2 is 1.28 bits per heavy atom. The van der Waals surface area contributed by atoms with Crippen LogP contribution in [0.5, 0.6) is 0 Å². The predicted molar refractivity (Wildman–Crippen MR) is 96.5 cm³/mol. The molecule has 126 valence electrons. The summed E-state index contributed by atoms with van der Waals surface area (Å²) in [5, 5.41) is 0. The highest BCUT2D eigenvalue weighted by Crippen LogP contribution is 2.46. The lowest BCUT2D eigenvalue weighted by atomic mass is 10.2. The average Bonchev–Trinajstić information content (AvgIpc) is 2.84. The first kappa shape index (κ1) is 15.7. The lowest BCUT2D eigenvalue weighted by molar-refractivity contribution is 0.590. The number of rotatable bonds is 3. The van der Waals surface area contributed by atoms with Crippen molar-refractivity contribution in [3.8, 4) is 0 Å². The summed E-state index contributed by atoms with van der Waals surface area (Å²) in [6.07, 6.45) is 0. The number of nitrogens with zero attached hydrogens (tertiary/aromatic N) is 2. The lowest BCUT2D eigenvalue weighted by Gasteiger charge is -2.22. The predicted octanol–water partition coefficient (Wildman–Crippen LogP) is 4.23. The maximum Gasteiger partial charge on any atom is 0.331 e. The lowest BCUT2D eigenvalue weighted by Crippen LogP contribution is -2.35. The van der Waals surface area contributed by atoms with Gasteiger partial charge in [0.15, 0.2) is 0 Å². The minimum Gasteiger partial charge on any atom is -0.246 e. The molecule has 1 aliphatic heterocycles. The van der Waals surface area contributed by atoms with Gasteiger partial charge in [-0.25, -0.2) is 13.0 Å². The van der Waals surface area contributed by atoms with Gasteiger partial charge in [-0.05, 0) is 29.8 Å². The summed E-state index contributed by atoms with van der Waals surface area (Å²) in [6.45, 7) is 0.186. The molecular formula is C19H15FN2O2S. The van der Waals surface area contributed by atoms with Gasteiger partial charge in [-0.1, -0.05) is 54.6 Å². The first-order chi connectivity index (χ1) is 12.1. The van der Waals surface area contributed by atoms with Crippen molar-refractivity contribution in [2.24, 2.45) is 0 Å². The van der Waals surface area contributed by atoms with Gasteiger partial charge in [0.1, 0.15) is 5.82 Å². The molecule has 6 heteroatoms. The van der Waals surface area contributed by atoms with Crippen molar-refractivity contribution in [3.63, 3.8) is 0 Å². The molecule has 0 fully saturated rings. The number of hydrogen-bond acceptors (Lipinski definition) is 2. The molecule has 0 spiro atoms. The van der Waals surface area contributed by atoms with Crippen LogP contribution in [0.3, 0.4) is 0 Å². The Morgan fingerprint density at radius 1 is 0.720 bits per heavy atom. The van der Waals surface area contributed by atoms with Crippen LogP contribution in [0.15, 0.2) is 78.9 Å². The van der Waals surface area contributed by atoms with Crippen LogP contribution in [0.25, 0.3) is 0 Å². The molecule has 3 aromatic rings. The highest BCUT2D eigenvalue weighted by molar-refractivity contribution is 7.95. The molecule has 0 bridgehead atoms. The fourth-order valence-electron chi connectivity index (χ4n) is 2.98. The molecule has 0 atom stereocenters. The SMILES string of the molecule is O=S1(=O)N(Cc2ccccc2)c2ccccc2N1c1ccccc1F. The number of benzene rings is 3. The zero-order valence-electron chi connectivity index (χ0n) is 13.2. The summed E-state index contributed by atoms with van der Waals surface area (Å²) in [5.74, 6) is -0.581. The van der Waals surface area contributed by atoms with E-state index in [-0.39, 0.29) is 12.2 Å². The van der Waals surface area contributed by atoms with Gasteiger partial charge >= 0.3 is 10.2 Å². The maximum absolute atomic E-state index is 14.3. The summed E-state index contributed by atoms with van der Waals surface area (Å²) in [7, 11) is -3.93. The number of para-hydroxylation sites is 3. The largest absolute Gasteiger partial charge is 0.331 e. The zero-order chi connectivity index (χ0) is 17.4. The summed E-state index contributed by atoms with van der Waals surface area (Å²) >= 11 is 0. The van der Waals surface area contributed by atoms with Crippen molar-refractivity contribution < 1.29 is 12.8 Å². The Hall–Kier alpha value is -2.86. The molecule has 1 aliphatic rings. The molecule has 3 aromatic carbocycles. The van der Waals surface area contributed by atoms with Crippen LogP contribution in [0.2, 0.25) is 0 Å². The van der Waals surface area contributed by atoms with Crippen molar-refractivity contribution in [1.82, 2.24) is 0 Å². The van der Waals surface area contributed by atoms with Crippen molar-refractivity contribution in [2.45, 2.75) is 6.54 Å². The Morgan fingerprint density at radius 3 is 1.96 bits per heavy atom. The third kappa shape index (κ3) is 2.55. The topological polar surface area (TPSA) is 40.6 Å². The second-order valence-electron chi connectivity index (χ2n) is 5.70. The number of fused-ring (bicyclic) bond motifs is 1. The maximum atomic E-state index is 14.3. The average molecular weight is 354 g/mol. The van der Waals surface area contributed by atoms with E-state index in [0.717, 1.165) is 9.87 Å². The van der Waals surface area contributed by atoms with E-state index in [9.17, 15) is 12.8 Å². The Labute approximate surface area is 145 Å². The van der Waals surface area contributed by atoms with E-state index in [1.165, 1.54) is 22.5 Å². The van der Waals surface area contributed by atoms with E-state index in [4.69, 9.17) is 0 Å². The number of anilines is 3. The second-order valence-corrected chi connectivity index (χ2v) is 7.41. The van der Waals surface area contributed by atoms with Gasteiger partial charge in [0.05, 0.1) is 23.6 Å². The van der Waals surface area contributed by atoms with Crippen molar-refractivity contribution >= 4 is 27.3 Å². The van der Waals surface area contributed by atoms with Gasteiger partial charge in [0, 0.05) is 0 Å². The monoisotopic (exact) mass is 354 g/mol. The number of halogens is 1.